The molecule has 1 aliphatic heterocycles. The van der Waals surface area contributed by atoms with E-state index in [1.807, 2.05) is 24.3 Å². The number of rotatable bonds is 7. The number of likely N-dealkylation sites (N-methyl/N-ethyl adjacent to an activating group) is 1. The van der Waals surface area contributed by atoms with Crippen LogP contribution in [0.25, 0.3) is 0 Å². The highest BCUT2D eigenvalue weighted by Crippen LogP contribution is 2.35. The number of furan rings is 1. The van der Waals surface area contributed by atoms with Crippen LogP contribution in [0.3, 0.4) is 0 Å². The Balaban J connectivity index is 1.73. The summed E-state index contributed by atoms with van der Waals surface area (Å²) in [5, 5.41) is 12.6. The first kappa shape index (κ1) is 19.4. The standard InChI is InChI=1S/C20H26N6O3/c1-24-8-10-25(11-9-24)19(15-6-7-17(27-2)18(13-15)28-3)20-21-22-23-26(20)14-16-5-4-12-29-16/h4-7,12-13,19H,8-11,14H2,1-3H3/t19-/m0/s1. The molecule has 1 saturated heterocycles. The number of nitrogens with zero attached hydrogens (tertiary/aromatic N) is 6. The van der Waals surface area contributed by atoms with Crippen LogP contribution in [-0.4, -0.2) is 77.5 Å². The molecule has 4 rings (SSSR count). The fourth-order valence-electron chi connectivity index (χ4n) is 3.70. The van der Waals surface area contributed by atoms with Crippen molar-refractivity contribution in [1.82, 2.24) is 30.0 Å². The summed E-state index contributed by atoms with van der Waals surface area (Å²) < 4.78 is 18.3. The largest absolute Gasteiger partial charge is 0.493 e. The number of tetrazole rings is 1. The lowest BCUT2D eigenvalue weighted by molar-refractivity contribution is 0.121. The Morgan fingerprint density at radius 1 is 1.07 bits per heavy atom. The van der Waals surface area contributed by atoms with Gasteiger partial charge in [-0.25, -0.2) is 4.68 Å². The molecule has 0 amide bonds. The average Bonchev–Trinajstić information content (AvgIpc) is 3.42. The fourth-order valence-corrected chi connectivity index (χ4v) is 3.70. The van der Waals surface area contributed by atoms with Gasteiger partial charge < -0.3 is 18.8 Å². The lowest BCUT2D eigenvalue weighted by Crippen LogP contribution is -2.46. The average molecular weight is 398 g/mol. The maximum absolute atomic E-state index is 5.54. The summed E-state index contributed by atoms with van der Waals surface area (Å²) in [5.74, 6) is 2.97. The summed E-state index contributed by atoms with van der Waals surface area (Å²) >= 11 is 0. The van der Waals surface area contributed by atoms with E-state index in [9.17, 15) is 0 Å². The van der Waals surface area contributed by atoms with Gasteiger partial charge in [-0.15, -0.1) is 5.10 Å². The minimum Gasteiger partial charge on any atom is -0.493 e. The second-order valence-electron chi connectivity index (χ2n) is 7.13. The van der Waals surface area contributed by atoms with Gasteiger partial charge in [-0.2, -0.15) is 0 Å². The van der Waals surface area contributed by atoms with Gasteiger partial charge in [0, 0.05) is 26.2 Å². The molecule has 0 unspecified atom stereocenters. The van der Waals surface area contributed by atoms with Gasteiger partial charge in [0.05, 0.1) is 26.5 Å². The molecule has 9 nitrogen and oxygen atoms in total. The van der Waals surface area contributed by atoms with Crippen molar-refractivity contribution in [2.24, 2.45) is 0 Å². The van der Waals surface area contributed by atoms with Gasteiger partial charge in [0.1, 0.15) is 12.3 Å². The molecule has 0 spiro atoms. The highest BCUT2D eigenvalue weighted by atomic mass is 16.5. The maximum Gasteiger partial charge on any atom is 0.173 e. The second kappa shape index (κ2) is 8.62. The van der Waals surface area contributed by atoms with Crippen LogP contribution < -0.4 is 9.47 Å². The number of aromatic nitrogens is 4. The summed E-state index contributed by atoms with van der Waals surface area (Å²) in [4.78, 5) is 4.74. The molecule has 1 fully saturated rings. The van der Waals surface area contributed by atoms with E-state index in [4.69, 9.17) is 13.9 Å². The van der Waals surface area contributed by atoms with Crippen LogP contribution in [-0.2, 0) is 6.54 Å². The first-order chi connectivity index (χ1) is 14.2. The third-order valence-corrected chi connectivity index (χ3v) is 5.32. The molecule has 0 saturated carbocycles. The van der Waals surface area contributed by atoms with Crippen molar-refractivity contribution in [1.29, 1.82) is 0 Å². The van der Waals surface area contributed by atoms with Crippen molar-refractivity contribution in [2.75, 3.05) is 47.4 Å². The lowest BCUT2D eigenvalue weighted by Gasteiger charge is -2.37. The number of hydrogen-bond acceptors (Lipinski definition) is 8. The van der Waals surface area contributed by atoms with E-state index < -0.39 is 0 Å². The molecular formula is C20H26N6O3. The van der Waals surface area contributed by atoms with Crippen LogP contribution in [0.5, 0.6) is 11.5 Å². The zero-order valence-electron chi connectivity index (χ0n) is 17.0. The van der Waals surface area contributed by atoms with E-state index in [1.54, 1.807) is 25.2 Å². The van der Waals surface area contributed by atoms with Crippen LogP contribution >= 0.6 is 0 Å². The molecular weight excluding hydrogens is 372 g/mol. The Hall–Kier alpha value is -2.91. The lowest BCUT2D eigenvalue weighted by atomic mass is 10.0. The zero-order valence-corrected chi connectivity index (χ0v) is 17.0. The van der Waals surface area contributed by atoms with E-state index in [2.05, 4.69) is 38.4 Å². The Morgan fingerprint density at radius 2 is 1.86 bits per heavy atom. The predicted molar refractivity (Wildman–Crippen MR) is 106 cm³/mol. The van der Waals surface area contributed by atoms with Crippen molar-refractivity contribution < 1.29 is 13.9 Å². The number of hydrogen-bond donors (Lipinski definition) is 0. The topological polar surface area (TPSA) is 81.7 Å². The smallest absolute Gasteiger partial charge is 0.173 e. The van der Waals surface area contributed by atoms with Crippen molar-refractivity contribution in [2.45, 2.75) is 12.6 Å². The summed E-state index contributed by atoms with van der Waals surface area (Å²) in [7, 11) is 5.43. The molecule has 2 aromatic heterocycles. The molecule has 0 radical (unpaired) electrons. The summed E-state index contributed by atoms with van der Waals surface area (Å²) in [6.07, 6.45) is 1.66. The van der Waals surface area contributed by atoms with Crippen molar-refractivity contribution in [3.8, 4) is 11.5 Å². The molecule has 0 aliphatic carbocycles. The molecule has 1 aromatic carbocycles. The minimum absolute atomic E-state index is 0.103. The van der Waals surface area contributed by atoms with Gasteiger partial charge >= 0.3 is 0 Å². The van der Waals surface area contributed by atoms with Crippen LogP contribution in [0.2, 0.25) is 0 Å². The van der Waals surface area contributed by atoms with Crippen LogP contribution in [0.4, 0.5) is 0 Å². The molecule has 3 aromatic rings. The summed E-state index contributed by atoms with van der Waals surface area (Å²) in [5.41, 5.74) is 1.06. The van der Waals surface area contributed by atoms with Crippen molar-refractivity contribution in [3.05, 3.63) is 53.7 Å². The van der Waals surface area contributed by atoms with E-state index in [0.29, 0.717) is 18.0 Å². The van der Waals surface area contributed by atoms with E-state index >= 15 is 0 Å². The normalized spacial score (nSPS) is 16.7. The van der Waals surface area contributed by atoms with Gasteiger partial charge in [-0.1, -0.05) is 6.07 Å². The second-order valence-corrected chi connectivity index (χ2v) is 7.13. The van der Waals surface area contributed by atoms with Gasteiger partial charge in [-0.3, -0.25) is 4.90 Å². The predicted octanol–water partition coefficient (Wildman–Crippen LogP) is 1.67. The highest BCUT2D eigenvalue weighted by molar-refractivity contribution is 5.45. The molecule has 9 heteroatoms. The number of ether oxygens (including phenoxy) is 2. The molecule has 3 heterocycles. The van der Waals surface area contributed by atoms with Crippen LogP contribution in [0, 0.1) is 0 Å². The fraction of sp³-hybridized carbons (Fsp3) is 0.450. The first-order valence-electron chi connectivity index (χ1n) is 9.62. The van der Waals surface area contributed by atoms with Crippen LogP contribution in [0.1, 0.15) is 23.2 Å². The SMILES string of the molecule is COc1ccc([C@@H](c2nnnn2Cc2ccco2)N2CCN(C)CC2)cc1OC. The maximum atomic E-state index is 5.54. The molecule has 29 heavy (non-hydrogen) atoms. The van der Waals surface area contributed by atoms with E-state index in [-0.39, 0.29) is 6.04 Å². The molecule has 154 valence electrons. The van der Waals surface area contributed by atoms with Gasteiger partial charge in [0.2, 0.25) is 0 Å². The molecule has 0 bridgehead atoms. The summed E-state index contributed by atoms with van der Waals surface area (Å²) in [6.45, 7) is 4.30. The van der Waals surface area contributed by atoms with Gasteiger partial charge in [0.25, 0.3) is 0 Å². The molecule has 0 N–H and O–H groups in total. The van der Waals surface area contributed by atoms with Crippen molar-refractivity contribution >= 4 is 0 Å². The summed E-state index contributed by atoms with van der Waals surface area (Å²) in [6, 6.07) is 9.67. The Labute approximate surface area is 169 Å². The van der Waals surface area contributed by atoms with Gasteiger partial charge in [0.15, 0.2) is 17.3 Å². The Kier molecular flexibility index (Phi) is 5.77. The van der Waals surface area contributed by atoms with Crippen LogP contribution in [0.15, 0.2) is 41.0 Å². The van der Waals surface area contributed by atoms with Gasteiger partial charge in [-0.05, 0) is 47.3 Å². The zero-order chi connectivity index (χ0) is 20.2. The highest BCUT2D eigenvalue weighted by Gasteiger charge is 2.31. The third-order valence-electron chi connectivity index (χ3n) is 5.32. The van der Waals surface area contributed by atoms with Crippen molar-refractivity contribution in [3.63, 3.8) is 0 Å². The monoisotopic (exact) mass is 398 g/mol. The Bertz CT molecular complexity index is 918. The molecule has 1 aliphatic rings. The molecule has 1 atom stereocenters. The van der Waals surface area contributed by atoms with E-state index in [1.165, 1.54) is 0 Å². The minimum atomic E-state index is -0.103. The van der Waals surface area contributed by atoms with E-state index in [0.717, 1.165) is 43.3 Å². The number of piperazine rings is 1. The number of benzene rings is 1. The quantitative estimate of drug-likeness (QED) is 0.595. The first-order valence-corrected chi connectivity index (χ1v) is 9.62. The Morgan fingerprint density at radius 3 is 2.55 bits per heavy atom. The number of methoxy groups -OCH3 is 2. The third kappa shape index (κ3) is 4.10.